The highest BCUT2D eigenvalue weighted by Crippen LogP contribution is 2.13. The number of nitrogens with one attached hydrogen (secondary N) is 2. The standard InChI is InChI=1S/C15H13BrFN3S/c1-10(11-5-4-6-12(16)9-11)19-20-15(21)18-14-8-3-2-7-13(14)17/h2-9H,1H3,(H2,18,20,21)/b19-10-. The van der Waals surface area contributed by atoms with E-state index in [2.05, 4.69) is 31.8 Å². The maximum absolute atomic E-state index is 13.5. The summed E-state index contributed by atoms with van der Waals surface area (Å²) in [5.41, 5.74) is 4.75. The van der Waals surface area contributed by atoms with E-state index in [1.807, 2.05) is 31.2 Å². The van der Waals surface area contributed by atoms with Gasteiger partial charge in [-0.2, -0.15) is 5.10 Å². The van der Waals surface area contributed by atoms with Crippen LogP contribution >= 0.6 is 28.1 Å². The Morgan fingerprint density at radius 1 is 1.19 bits per heavy atom. The lowest BCUT2D eigenvalue weighted by molar-refractivity contribution is 0.632. The predicted molar refractivity (Wildman–Crippen MR) is 92.1 cm³/mol. The van der Waals surface area contributed by atoms with Crippen LogP contribution in [0.15, 0.2) is 58.1 Å². The summed E-state index contributed by atoms with van der Waals surface area (Å²) in [5, 5.41) is 7.17. The summed E-state index contributed by atoms with van der Waals surface area (Å²) in [4.78, 5) is 0. The topological polar surface area (TPSA) is 36.4 Å². The molecule has 0 aliphatic carbocycles. The van der Waals surface area contributed by atoms with Crippen molar-refractivity contribution in [1.29, 1.82) is 0 Å². The fourth-order valence-corrected chi connectivity index (χ4v) is 2.18. The molecule has 108 valence electrons. The maximum atomic E-state index is 13.5. The fraction of sp³-hybridized carbons (Fsp3) is 0.0667. The molecular weight excluding hydrogens is 353 g/mol. The highest BCUT2D eigenvalue weighted by molar-refractivity contribution is 9.10. The van der Waals surface area contributed by atoms with Gasteiger partial charge in [-0.15, -0.1) is 0 Å². The summed E-state index contributed by atoms with van der Waals surface area (Å²) < 4.78 is 14.4. The smallest absolute Gasteiger partial charge is 0.191 e. The van der Waals surface area contributed by atoms with Crippen molar-refractivity contribution in [2.45, 2.75) is 6.92 Å². The molecule has 2 aromatic carbocycles. The Morgan fingerprint density at radius 3 is 2.67 bits per heavy atom. The number of nitrogens with zero attached hydrogens (tertiary/aromatic N) is 1. The molecule has 2 N–H and O–H groups in total. The Bertz CT molecular complexity index is 688. The van der Waals surface area contributed by atoms with Gasteiger partial charge in [0.15, 0.2) is 5.11 Å². The first-order chi connectivity index (χ1) is 10.1. The molecule has 0 aliphatic heterocycles. The van der Waals surface area contributed by atoms with E-state index in [1.165, 1.54) is 6.07 Å². The van der Waals surface area contributed by atoms with E-state index in [0.717, 1.165) is 15.7 Å². The van der Waals surface area contributed by atoms with E-state index < -0.39 is 0 Å². The van der Waals surface area contributed by atoms with E-state index in [0.29, 0.717) is 5.69 Å². The SMILES string of the molecule is C/C(=N/NC(=S)Nc1ccccc1F)c1cccc(Br)c1. The molecule has 0 heterocycles. The van der Waals surface area contributed by atoms with Gasteiger partial charge in [-0.3, -0.25) is 5.43 Å². The van der Waals surface area contributed by atoms with E-state index in [-0.39, 0.29) is 10.9 Å². The van der Waals surface area contributed by atoms with Crippen LogP contribution in [0.4, 0.5) is 10.1 Å². The molecule has 0 spiro atoms. The molecule has 21 heavy (non-hydrogen) atoms. The van der Waals surface area contributed by atoms with Crippen LogP contribution in [0.2, 0.25) is 0 Å². The number of hydrogen-bond acceptors (Lipinski definition) is 2. The van der Waals surface area contributed by atoms with Gasteiger partial charge in [-0.05, 0) is 49.0 Å². The van der Waals surface area contributed by atoms with Crippen molar-refractivity contribution in [3.63, 3.8) is 0 Å². The lowest BCUT2D eigenvalue weighted by Gasteiger charge is -2.08. The van der Waals surface area contributed by atoms with Crippen molar-refractivity contribution in [2.24, 2.45) is 5.10 Å². The first-order valence-corrected chi connectivity index (χ1v) is 7.38. The number of benzene rings is 2. The molecule has 2 rings (SSSR count). The molecule has 0 atom stereocenters. The molecule has 0 amide bonds. The number of halogens is 2. The van der Waals surface area contributed by atoms with Crippen LogP contribution in [0.1, 0.15) is 12.5 Å². The van der Waals surface area contributed by atoms with Crippen LogP contribution in [0.5, 0.6) is 0 Å². The molecule has 0 unspecified atom stereocenters. The minimum atomic E-state index is -0.366. The second-order valence-electron chi connectivity index (χ2n) is 4.25. The molecule has 2 aromatic rings. The number of rotatable bonds is 3. The van der Waals surface area contributed by atoms with Gasteiger partial charge in [0.2, 0.25) is 0 Å². The Hall–Kier alpha value is -1.79. The maximum Gasteiger partial charge on any atom is 0.191 e. The van der Waals surface area contributed by atoms with Gasteiger partial charge in [-0.1, -0.05) is 40.2 Å². The minimum absolute atomic E-state index is 0.231. The van der Waals surface area contributed by atoms with Crippen molar-refractivity contribution in [1.82, 2.24) is 5.43 Å². The molecular formula is C15H13BrFN3S. The monoisotopic (exact) mass is 365 g/mol. The van der Waals surface area contributed by atoms with Gasteiger partial charge in [-0.25, -0.2) is 4.39 Å². The van der Waals surface area contributed by atoms with Gasteiger partial charge in [0, 0.05) is 4.47 Å². The zero-order valence-electron chi connectivity index (χ0n) is 11.2. The Balaban J connectivity index is 2.00. The molecule has 0 saturated carbocycles. The highest BCUT2D eigenvalue weighted by Gasteiger charge is 2.03. The van der Waals surface area contributed by atoms with Gasteiger partial charge in [0.05, 0.1) is 11.4 Å². The molecule has 0 radical (unpaired) electrons. The summed E-state index contributed by atoms with van der Waals surface area (Å²) in [7, 11) is 0. The largest absolute Gasteiger partial charge is 0.329 e. The van der Waals surface area contributed by atoms with E-state index >= 15 is 0 Å². The van der Waals surface area contributed by atoms with Crippen molar-refractivity contribution < 1.29 is 4.39 Å². The third-order valence-corrected chi connectivity index (χ3v) is 3.38. The lowest BCUT2D eigenvalue weighted by Crippen LogP contribution is -2.25. The quantitative estimate of drug-likeness (QED) is 0.483. The fourth-order valence-electron chi connectivity index (χ4n) is 1.63. The Morgan fingerprint density at radius 2 is 1.95 bits per heavy atom. The van der Waals surface area contributed by atoms with Gasteiger partial charge in [0.1, 0.15) is 5.82 Å². The van der Waals surface area contributed by atoms with Crippen LogP contribution in [-0.2, 0) is 0 Å². The number of thiocarbonyl (C=S) groups is 1. The summed E-state index contributed by atoms with van der Waals surface area (Å²) in [6.07, 6.45) is 0. The van der Waals surface area contributed by atoms with Crippen molar-refractivity contribution in [3.8, 4) is 0 Å². The minimum Gasteiger partial charge on any atom is -0.329 e. The molecule has 3 nitrogen and oxygen atoms in total. The summed E-state index contributed by atoms with van der Waals surface area (Å²) in [5.74, 6) is -0.366. The number of para-hydroxylation sites is 1. The third-order valence-electron chi connectivity index (χ3n) is 2.69. The van der Waals surface area contributed by atoms with Crippen LogP contribution in [-0.4, -0.2) is 10.8 Å². The van der Waals surface area contributed by atoms with Gasteiger partial charge in [0.25, 0.3) is 0 Å². The van der Waals surface area contributed by atoms with Crippen molar-refractivity contribution in [2.75, 3.05) is 5.32 Å². The highest BCUT2D eigenvalue weighted by atomic mass is 79.9. The first-order valence-electron chi connectivity index (χ1n) is 6.18. The van der Waals surface area contributed by atoms with Crippen LogP contribution in [0.3, 0.4) is 0 Å². The second kappa shape index (κ2) is 7.28. The zero-order valence-corrected chi connectivity index (χ0v) is 13.6. The zero-order chi connectivity index (χ0) is 15.2. The first kappa shape index (κ1) is 15.6. The normalized spacial score (nSPS) is 11.1. The lowest BCUT2D eigenvalue weighted by atomic mass is 10.1. The summed E-state index contributed by atoms with van der Waals surface area (Å²) in [6, 6.07) is 14.1. The van der Waals surface area contributed by atoms with Crippen molar-refractivity contribution >= 4 is 44.7 Å². The molecule has 6 heteroatoms. The van der Waals surface area contributed by atoms with Gasteiger partial charge < -0.3 is 5.32 Å². The second-order valence-corrected chi connectivity index (χ2v) is 5.58. The average Bonchev–Trinajstić information content (AvgIpc) is 2.47. The number of hydrazone groups is 1. The van der Waals surface area contributed by atoms with Crippen molar-refractivity contribution in [3.05, 3.63) is 64.4 Å². The van der Waals surface area contributed by atoms with E-state index in [9.17, 15) is 4.39 Å². The molecule has 0 bridgehead atoms. The predicted octanol–water partition coefficient (Wildman–Crippen LogP) is 4.30. The van der Waals surface area contributed by atoms with E-state index in [1.54, 1.807) is 18.2 Å². The molecule has 0 saturated heterocycles. The molecule has 0 aliphatic rings. The van der Waals surface area contributed by atoms with Crippen LogP contribution in [0.25, 0.3) is 0 Å². The number of anilines is 1. The Kier molecular flexibility index (Phi) is 5.41. The molecule has 0 aromatic heterocycles. The van der Waals surface area contributed by atoms with Crippen LogP contribution < -0.4 is 10.7 Å². The molecule has 0 fully saturated rings. The number of hydrogen-bond donors (Lipinski definition) is 2. The summed E-state index contributed by atoms with van der Waals surface area (Å²) >= 11 is 8.49. The summed E-state index contributed by atoms with van der Waals surface area (Å²) in [6.45, 7) is 1.86. The third kappa shape index (κ3) is 4.61. The van der Waals surface area contributed by atoms with Gasteiger partial charge >= 0.3 is 0 Å². The average molecular weight is 366 g/mol. The Labute approximate surface area is 136 Å². The van der Waals surface area contributed by atoms with Crippen LogP contribution in [0, 0.1) is 5.82 Å². The van der Waals surface area contributed by atoms with E-state index in [4.69, 9.17) is 12.2 Å².